The van der Waals surface area contributed by atoms with E-state index in [2.05, 4.69) is 17.2 Å². The van der Waals surface area contributed by atoms with Crippen LogP contribution in [0.25, 0.3) is 22.0 Å². The van der Waals surface area contributed by atoms with Crippen LogP contribution < -0.4 is 5.43 Å². The molecule has 0 saturated heterocycles. The molecule has 32 heavy (non-hydrogen) atoms. The average molecular weight is 424 g/mol. The van der Waals surface area contributed by atoms with Gasteiger partial charge in [-0.3, -0.25) is 19.1 Å². The van der Waals surface area contributed by atoms with Gasteiger partial charge in [0.05, 0.1) is 24.7 Å². The Morgan fingerprint density at radius 2 is 1.72 bits per heavy atom. The molecule has 1 aromatic heterocycles. The van der Waals surface area contributed by atoms with Crippen molar-refractivity contribution >= 4 is 22.7 Å². The van der Waals surface area contributed by atoms with Gasteiger partial charge in [-0.1, -0.05) is 48.5 Å². The minimum absolute atomic E-state index is 0.0463. The lowest BCUT2D eigenvalue weighted by Gasteiger charge is -2.09. The molecule has 3 aromatic carbocycles. The second-order valence-electron chi connectivity index (χ2n) is 7.79. The summed E-state index contributed by atoms with van der Waals surface area (Å²) < 4.78 is 6.81. The molecular formula is C26H20N2O4. The van der Waals surface area contributed by atoms with Gasteiger partial charge in [-0.05, 0) is 46.9 Å². The maximum atomic E-state index is 12.6. The van der Waals surface area contributed by atoms with E-state index in [9.17, 15) is 14.4 Å². The molecule has 4 aromatic rings. The highest BCUT2D eigenvalue weighted by molar-refractivity contribution is 5.99. The number of rotatable bonds is 6. The van der Waals surface area contributed by atoms with Gasteiger partial charge in [-0.15, -0.1) is 0 Å². The summed E-state index contributed by atoms with van der Waals surface area (Å²) in [6, 6.07) is 20.9. The first-order valence-electron chi connectivity index (χ1n) is 10.4. The molecule has 6 heteroatoms. The van der Waals surface area contributed by atoms with Crippen LogP contribution in [0.5, 0.6) is 0 Å². The number of ketones is 1. The van der Waals surface area contributed by atoms with Crippen LogP contribution in [-0.4, -0.2) is 28.1 Å². The molecule has 0 fully saturated rings. The Morgan fingerprint density at radius 3 is 2.62 bits per heavy atom. The number of aromatic nitrogens is 2. The number of carbonyl (C=O) groups is 2. The Kier molecular flexibility index (Phi) is 5.11. The van der Waals surface area contributed by atoms with Crippen LogP contribution in [0, 0.1) is 0 Å². The lowest BCUT2D eigenvalue weighted by molar-refractivity contribution is -0.142. The lowest BCUT2D eigenvalue weighted by Crippen LogP contribution is -2.18. The number of hydrogen-bond acceptors (Lipinski definition) is 5. The summed E-state index contributed by atoms with van der Waals surface area (Å²) in [6.45, 7) is -0.0545. The van der Waals surface area contributed by atoms with Crippen molar-refractivity contribution in [2.75, 3.05) is 6.61 Å². The Labute approximate surface area is 184 Å². The molecule has 1 heterocycles. The fraction of sp³-hybridized carbons (Fsp3) is 0.154. The summed E-state index contributed by atoms with van der Waals surface area (Å²) >= 11 is 0. The highest BCUT2D eigenvalue weighted by atomic mass is 16.5. The Balaban J connectivity index is 1.22. The summed E-state index contributed by atoms with van der Waals surface area (Å²) in [4.78, 5) is 36.8. The van der Waals surface area contributed by atoms with Gasteiger partial charge in [0.25, 0.3) is 0 Å². The molecule has 5 rings (SSSR count). The summed E-state index contributed by atoms with van der Waals surface area (Å²) in [7, 11) is 0. The van der Waals surface area contributed by atoms with Crippen LogP contribution in [0.4, 0.5) is 0 Å². The zero-order chi connectivity index (χ0) is 22.1. The predicted molar refractivity (Wildman–Crippen MR) is 121 cm³/mol. The molecule has 0 atom stereocenters. The minimum Gasteiger partial charge on any atom is -0.457 e. The molecule has 0 bridgehead atoms. The van der Waals surface area contributed by atoms with Gasteiger partial charge in [0.1, 0.15) is 0 Å². The first-order chi connectivity index (χ1) is 15.6. The number of hydrogen-bond donors (Lipinski definition) is 0. The van der Waals surface area contributed by atoms with E-state index in [0.717, 1.165) is 17.5 Å². The van der Waals surface area contributed by atoms with Crippen molar-refractivity contribution < 1.29 is 14.3 Å². The normalized spacial score (nSPS) is 11.8. The van der Waals surface area contributed by atoms with Gasteiger partial charge in [0.15, 0.2) is 12.4 Å². The van der Waals surface area contributed by atoms with Crippen molar-refractivity contribution in [2.24, 2.45) is 0 Å². The molecule has 0 amide bonds. The molecular weight excluding hydrogens is 404 g/mol. The van der Waals surface area contributed by atoms with Crippen molar-refractivity contribution in [1.29, 1.82) is 0 Å². The molecule has 0 saturated carbocycles. The summed E-state index contributed by atoms with van der Waals surface area (Å²) in [6.07, 6.45) is 2.15. The van der Waals surface area contributed by atoms with Crippen molar-refractivity contribution in [2.45, 2.75) is 19.4 Å². The zero-order valence-corrected chi connectivity index (χ0v) is 17.3. The van der Waals surface area contributed by atoms with Gasteiger partial charge in [-0.2, -0.15) is 5.10 Å². The summed E-state index contributed by atoms with van der Waals surface area (Å²) in [5.41, 5.74) is 5.68. The minimum atomic E-state index is -0.491. The van der Waals surface area contributed by atoms with Gasteiger partial charge < -0.3 is 4.74 Å². The number of carbonyl (C=O) groups excluding carboxylic acids is 2. The third-order valence-corrected chi connectivity index (χ3v) is 5.77. The largest absolute Gasteiger partial charge is 0.457 e. The lowest BCUT2D eigenvalue weighted by atomic mass is 10.0. The Bertz CT molecular complexity index is 1420. The van der Waals surface area contributed by atoms with Crippen LogP contribution in [0.3, 0.4) is 0 Å². The van der Waals surface area contributed by atoms with E-state index >= 15 is 0 Å². The number of nitrogens with zero attached hydrogens (tertiary/aromatic N) is 2. The number of fused-ring (bicyclic) bond motifs is 4. The fourth-order valence-corrected chi connectivity index (χ4v) is 4.14. The maximum Gasteiger partial charge on any atom is 0.308 e. The van der Waals surface area contributed by atoms with Gasteiger partial charge in [-0.25, -0.2) is 0 Å². The van der Waals surface area contributed by atoms with Gasteiger partial charge >= 0.3 is 5.97 Å². The van der Waals surface area contributed by atoms with E-state index in [1.807, 2.05) is 30.3 Å². The van der Waals surface area contributed by atoms with E-state index in [4.69, 9.17) is 4.74 Å². The van der Waals surface area contributed by atoms with Crippen LogP contribution in [-0.2, 0) is 22.5 Å². The number of aryl methyl sites for hydroxylation is 1. The number of esters is 1. The molecule has 0 spiro atoms. The maximum absolute atomic E-state index is 12.6. The summed E-state index contributed by atoms with van der Waals surface area (Å²) in [5.74, 6) is -0.730. The molecule has 0 N–H and O–H groups in total. The standard InChI is InChI=1S/C26H20N2O4/c29-24-15-27-28(23-8-4-3-7-21(23)24)12-11-26(31)32-16-25(30)19-10-9-18-13-17-5-1-2-6-20(17)22(18)14-19/h1-10,14-15H,11-13,16H2. The second kappa shape index (κ2) is 8.23. The third-order valence-electron chi connectivity index (χ3n) is 5.77. The third kappa shape index (κ3) is 3.71. The number of ether oxygens (including phenoxy) is 1. The molecule has 0 unspecified atom stereocenters. The smallest absolute Gasteiger partial charge is 0.308 e. The molecule has 158 valence electrons. The van der Waals surface area contributed by atoms with Crippen LogP contribution in [0.2, 0.25) is 0 Å². The van der Waals surface area contributed by atoms with E-state index in [1.165, 1.54) is 17.3 Å². The quantitative estimate of drug-likeness (QED) is 0.306. The highest BCUT2D eigenvalue weighted by Gasteiger charge is 2.20. The van der Waals surface area contributed by atoms with E-state index < -0.39 is 5.97 Å². The van der Waals surface area contributed by atoms with Gasteiger partial charge in [0.2, 0.25) is 5.43 Å². The average Bonchev–Trinajstić information content (AvgIpc) is 3.20. The molecule has 1 aliphatic rings. The highest BCUT2D eigenvalue weighted by Crippen LogP contribution is 2.36. The van der Waals surface area contributed by atoms with Crippen molar-refractivity contribution in [1.82, 2.24) is 9.78 Å². The fourth-order valence-electron chi connectivity index (χ4n) is 4.14. The monoisotopic (exact) mass is 424 g/mol. The molecule has 0 radical (unpaired) electrons. The zero-order valence-electron chi connectivity index (χ0n) is 17.3. The van der Waals surface area contributed by atoms with Crippen LogP contribution in [0.15, 0.2) is 77.7 Å². The number of benzene rings is 3. The number of para-hydroxylation sites is 1. The van der Waals surface area contributed by atoms with Crippen molar-refractivity contribution in [3.63, 3.8) is 0 Å². The first-order valence-corrected chi connectivity index (χ1v) is 10.4. The van der Waals surface area contributed by atoms with E-state index in [0.29, 0.717) is 16.5 Å². The Hall–Kier alpha value is -4.06. The molecule has 1 aliphatic carbocycles. The van der Waals surface area contributed by atoms with Crippen LogP contribution >= 0.6 is 0 Å². The van der Waals surface area contributed by atoms with Crippen LogP contribution in [0.1, 0.15) is 27.9 Å². The topological polar surface area (TPSA) is 78.3 Å². The first kappa shape index (κ1) is 19.9. The Morgan fingerprint density at radius 1 is 0.938 bits per heavy atom. The SMILES string of the molecule is O=C(CCn1ncc(=O)c2ccccc21)OCC(=O)c1ccc2c(c1)-c1ccccc1C2. The van der Waals surface area contributed by atoms with E-state index in [-0.39, 0.29) is 30.8 Å². The van der Waals surface area contributed by atoms with Gasteiger partial charge in [0, 0.05) is 10.9 Å². The molecule has 0 aliphatic heterocycles. The van der Waals surface area contributed by atoms with Crippen molar-refractivity contribution in [3.05, 3.63) is 99.8 Å². The van der Waals surface area contributed by atoms with Crippen molar-refractivity contribution in [3.8, 4) is 11.1 Å². The van der Waals surface area contributed by atoms with E-state index in [1.54, 1.807) is 28.9 Å². The predicted octanol–water partition coefficient (Wildman–Crippen LogP) is 3.78. The second-order valence-corrected chi connectivity index (χ2v) is 7.79. The number of Topliss-reactive ketones (excluding diaryl/α,β-unsaturated/α-hetero) is 1. The summed E-state index contributed by atoms with van der Waals surface area (Å²) in [5, 5.41) is 4.65. The molecule has 6 nitrogen and oxygen atoms in total.